The van der Waals surface area contributed by atoms with Gasteiger partial charge in [0, 0.05) is 6.54 Å². The zero-order chi connectivity index (χ0) is 9.68. The first kappa shape index (κ1) is 9.59. The van der Waals surface area contributed by atoms with Crippen LogP contribution in [0.5, 0.6) is 0 Å². The van der Waals surface area contributed by atoms with Gasteiger partial charge in [0.25, 0.3) is 0 Å². The predicted octanol–water partition coefficient (Wildman–Crippen LogP) is -1.76. The SMILES string of the molecule is CC(O)CNC(=O)Cc1nn[nH]n1. The summed E-state index contributed by atoms with van der Waals surface area (Å²) in [5.41, 5.74) is 0. The van der Waals surface area contributed by atoms with E-state index < -0.39 is 6.10 Å². The number of carbonyl (C=O) groups is 1. The maximum absolute atomic E-state index is 11.1. The van der Waals surface area contributed by atoms with Gasteiger partial charge in [-0.25, -0.2) is 0 Å². The molecule has 3 N–H and O–H groups in total. The second kappa shape index (κ2) is 4.51. The standard InChI is InChI=1S/C6H11N5O2/c1-4(12)3-7-6(13)2-5-8-10-11-9-5/h4,12H,2-3H2,1H3,(H,7,13)(H,8,9,10,11). The molecule has 0 bridgehead atoms. The molecule has 0 aliphatic rings. The first-order valence-corrected chi connectivity index (χ1v) is 3.85. The number of aromatic nitrogens is 4. The van der Waals surface area contributed by atoms with Crippen molar-refractivity contribution < 1.29 is 9.90 Å². The second-order valence-corrected chi connectivity index (χ2v) is 2.66. The minimum atomic E-state index is -0.547. The van der Waals surface area contributed by atoms with Crippen LogP contribution in [0.1, 0.15) is 12.7 Å². The summed E-state index contributed by atoms with van der Waals surface area (Å²) in [7, 11) is 0. The molecule has 1 aromatic rings. The van der Waals surface area contributed by atoms with E-state index in [1.807, 2.05) is 0 Å². The summed E-state index contributed by atoms with van der Waals surface area (Å²) < 4.78 is 0. The average molecular weight is 185 g/mol. The summed E-state index contributed by atoms with van der Waals surface area (Å²) in [6, 6.07) is 0. The summed E-state index contributed by atoms with van der Waals surface area (Å²) >= 11 is 0. The lowest BCUT2D eigenvalue weighted by Gasteiger charge is -2.04. The van der Waals surface area contributed by atoms with Crippen LogP contribution in [-0.2, 0) is 11.2 Å². The van der Waals surface area contributed by atoms with Crippen molar-refractivity contribution in [2.24, 2.45) is 0 Å². The zero-order valence-electron chi connectivity index (χ0n) is 7.19. The summed E-state index contributed by atoms with van der Waals surface area (Å²) in [5, 5.41) is 24.1. The number of hydrogen-bond acceptors (Lipinski definition) is 5. The highest BCUT2D eigenvalue weighted by Crippen LogP contribution is 1.85. The number of aromatic amines is 1. The summed E-state index contributed by atoms with van der Waals surface area (Å²) in [4.78, 5) is 11.1. The molecule has 0 aliphatic carbocycles. The van der Waals surface area contributed by atoms with Crippen molar-refractivity contribution in [1.82, 2.24) is 25.9 Å². The lowest BCUT2D eigenvalue weighted by Crippen LogP contribution is -2.31. The molecule has 72 valence electrons. The predicted molar refractivity (Wildman–Crippen MR) is 42.6 cm³/mol. The van der Waals surface area contributed by atoms with Gasteiger partial charge in [-0.15, -0.1) is 10.2 Å². The summed E-state index contributed by atoms with van der Waals surface area (Å²) in [6.45, 7) is 1.82. The number of H-pyrrole nitrogens is 1. The number of hydrogen-bond donors (Lipinski definition) is 3. The van der Waals surface area contributed by atoms with E-state index in [4.69, 9.17) is 5.11 Å². The van der Waals surface area contributed by atoms with Gasteiger partial charge in [0.15, 0.2) is 5.82 Å². The van der Waals surface area contributed by atoms with Crippen LogP contribution in [0.25, 0.3) is 0 Å². The summed E-state index contributed by atoms with van der Waals surface area (Å²) in [5.74, 6) is 0.102. The smallest absolute Gasteiger partial charge is 0.227 e. The Morgan fingerprint density at radius 3 is 3.08 bits per heavy atom. The molecule has 0 fully saturated rings. The normalized spacial score (nSPS) is 12.5. The summed E-state index contributed by atoms with van der Waals surface area (Å²) in [6.07, 6.45) is -0.474. The fraction of sp³-hybridized carbons (Fsp3) is 0.667. The number of tetrazole rings is 1. The van der Waals surface area contributed by atoms with Gasteiger partial charge in [-0.05, 0) is 6.92 Å². The first-order valence-electron chi connectivity index (χ1n) is 3.85. The Morgan fingerprint density at radius 2 is 2.54 bits per heavy atom. The maximum atomic E-state index is 11.1. The number of nitrogens with one attached hydrogen (secondary N) is 2. The van der Waals surface area contributed by atoms with Crippen LogP contribution >= 0.6 is 0 Å². The van der Waals surface area contributed by atoms with Crippen molar-refractivity contribution >= 4 is 5.91 Å². The minimum absolute atomic E-state index is 0.0726. The molecule has 1 unspecified atom stereocenters. The Bertz CT molecular complexity index is 258. The molecule has 0 aromatic carbocycles. The van der Waals surface area contributed by atoms with E-state index in [0.29, 0.717) is 5.82 Å². The van der Waals surface area contributed by atoms with Crippen molar-refractivity contribution in [2.45, 2.75) is 19.4 Å². The molecule has 7 heteroatoms. The van der Waals surface area contributed by atoms with Gasteiger partial charge < -0.3 is 10.4 Å². The van der Waals surface area contributed by atoms with Crippen LogP contribution in [0.4, 0.5) is 0 Å². The van der Waals surface area contributed by atoms with Crippen LogP contribution in [0.15, 0.2) is 0 Å². The van der Waals surface area contributed by atoms with E-state index in [-0.39, 0.29) is 18.9 Å². The highest BCUT2D eigenvalue weighted by Gasteiger charge is 2.07. The third-order valence-corrected chi connectivity index (χ3v) is 1.30. The van der Waals surface area contributed by atoms with Crippen LogP contribution in [-0.4, -0.2) is 44.3 Å². The Morgan fingerprint density at radius 1 is 1.77 bits per heavy atom. The van der Waals surface area contributed by atoms with Gasteiger partial charge >= 0.3 is 0 Å². The number of aliphatic hydroxyl groups excluding tert-OH is 1. The van der Waals surface area contributed by atoms with Crippen molar-refractivity contribution in [3.05, 3.63) is 5.82 Å². The van der Waals surface area contributed by atoms with E-state index >= 15 is 0 Å². The van der Waals surface area contributed by atoms with Crippen LogP contribution < -0.4 is 5.32 Å². The minimum Gasteiger partial charge on any atom is -0.392 e. The fourth-order valence-corrected chi connectivity index (χ4v) is 0.725. The Hall–Kier alpha value is -1.50. The van der Waals surface area contributed by atoms with Crippen molar-refractivity contribution in [3.63, 3.8) is 0 Å². The largest absolute Gasteiger partial charge is 0.392 e. The van der Waals surface area contributed by atoms with Crippen LogP contribution in [0.2, 0.25) is 0 Å². The van der Waals surface area contributed by atoms with E-state index in [1.54, 1.807) is 6.92 Å². The number of aliphatic hydroxyl groups is 1. The van der Waals surface area contributed by atoms with E-state index in [1.165, 1.54) is 0 Å². The Kier molecular flexibility index (Phi) is 3.32. The monoisotopic (exact) mass is 185 g/mol. The number of amides is 1. The molecule has 0 radical (unpaired) electrons. The second-order valence-electron chi connectivity index (χ2n) is 2.66. The molecule has 0 saturated carbocycles. The van der Waals surface area contributed by atoms with Crippen molar-refractivity contribution in [3.8, 4) is 0 Å². The molecular weight excluding hydrogens is 174 g/mol. The number of carbonyl (C=O) groups excluding carboxylic acids is 1. The van der Waals surface area contributed by atoms with Gasteiger partial charge in [0.2, 0.25) is 5.91 Å². The van der Waals surface area contributed by atoms with E-state index in [9.17, 15) is 4.79 Å². The highest BCUT2D eigenvalue weighted by molar-refractivity contribution is 5.77. The lowest BCUT2D eigenvalue weighted by molar-refractivity contribution is -0.120. The molecular formula is C6H11N5O2. The third kappa shape index (κ3) is 3.61. The highest BCUT2D eigenvalue weighted by atomic mass is 16.3. The van der Waals surface area contributed by atoms with Crippen molar-refractivity contribution in [2.75, 3.05) is 6.54 Å². The van der Waals surface area contributed by atoms with Gasteiger partial charge in [-0.1, -0.05) is 5.21 Å². The van der Waals surface area contributed by atoms with Gasteiger partial charge in [0.05, 0.1) is 12.5 Å². The van der Waals surface area contributed by atoms with Crippen LogP contribution in [0, 0.1) is 0 Å². The van der Waals surface area contributed by atoms with E-state index in [2.05, 4.69) is 25.9 Å². The molecule has 1 atom stereocenters. The molecule has 1 aromatic heterocycles. The fourth-order valence-electron chi connectivity index (χ4n) is 0.725. The van der Waals surface area contributed by atoms with Crippen molar-refractivity contribution in [1.29, 1.82) is 0 Å². The van der Waals surface area contributed by atoms with Gasteiger partial charge in [-0.2, -0.15) is 5.21 Å². The topological polar surface area (TPSA) is 104 Å². The zero-order valence-corrected chi connectivity index (χ0v) is 7.19. The Balaban J connectivity index is 2.26. The van der Waals surface area contributed by atoms with E-state index in [0.717, 1.165) is 0 Å². The molecule has 13 heavy (non-hydrogen) atoms. The molecule has 0 aliphatic heterocycles. The van der Waals surface area contributed by atoms with Gasteiger partial charge in [0.1, 0.15) is 0 Å². The average Bonchev–Trinajstić information content (AvgIpc) is 2.53. The molecule has 1 heterocycles. The molecule has 7 nitrogen and oxygen atoms in total. The quantitative estimate of drug-likeness (QED) is 0.515. The third-order valence-electron chi connectivity index (χ3n) is 1.30. The molecule has 1 amide bonds. The molecule has 0 saturated heterocycles. The number of rotatable bonds is 4. The lowest BCUT2D eigenvalue weighted by atomic mass is 10.3. The maximum Gasteiger partial charge on any atom is 0.227 e. The van der Waals surface area contributed by atoms with Gasteiger partial charge in [-0.3, -0.25) is 4.79 Å². The number of nitrogens with zero attached hydrogens (tertiary/aromatic N) is 3. The molecule has 1 rings (SSSR count). The Labute approximate surface area is 74.5 Å². The molecule has 0 spiro atoms. The first-order chi connectivity index (χ1) is 6.18. The van der Waals surface area contributed by atoms with Crippen LogP contribution in [0.3, 0.4) is 0 Å².